The van der Waals surface area contributed by atoms with Crippen molar-refractivity contribution in [1.29, 1.82) is 0 Å². The van der Waals surface area contributed by atoms with Gasteiger partial charge in [0, 0.05) is 6.54 Å². The zero-order valence-electron chi connectivity index (χ0n) is 15.7. The van der Waals surface area contributed by atoms with E-state index >= 15 is 0 Å². The Labute approximate surface area is 153 Å². The minimum Gasteiger partial charge on any atom is -0.497 e. The summed E-state index contributed by atoms with van der Waals surface area (Å²) in [6.07, 6.45) is 2.07. The third-order valence-electron chi connectivity index (χ3n) is 4.86. The van der Waals surface area contributed by atoms with E-state index in [0.29, 0.717) is 6.54 Å². The lowest BCUT2D eigenvalue weighted by atomic mass is 9.78. The largest absolute Gasteiger partial charge is 0.497 e. The Morgan fingerprint density at radius 1 is 1.28 bits per heavy atom. The monoisotopic (exact) mass is 360 g/mol. The van der Waals surface area contributed by atoms with Crippen LogP contribution in [0.25, 0.3) is 16.3 Å². The molecule has 0 unspecified atom stereocenters. The Bertz CT molecular complexity index is 785. The Morgan fingerprint density at radius 2 is 1.96 bits per heavy atom. The second kappa shape index (κ2) is 6.72. The van der Waals surface area contributed by atoms with Crippen LogP contribution in [-0.4, -0.2) is 44.0 Å². The van der Waals surface area contributed by atoms with Gasteiger partial charge in [0.15, 0.2) is 0 Å². The van der Waals surface area contributed by atoms with Crippen LogP contribution >= 0.6 is 11.3 Å². The van der Waals surface area contributed by atoms with Gasteiger partial charge in [-0.25, -0.2) is 4.98 Å². The Hall–Kier alpha value is -1.41. The maximum absolute atomic E-state index is 6.19. The number of methoxy groups -OCH3 is 1. The normalized spacial score (nSPS) is 19.6. The fourth-order valence-corrected chi connectivity index (χ4v) is 3.64. The summed E-state index contributed by atoms with van der Waals surface area (Å²) >= 11 is 1.63. The van der Waals surface area contributed by atoms with Crippen molar-refractivity contribution in [2.24, 2.45) is 0 Å². The Kier molecular flexibility index (Phi) is 4.94. The second-order valence-electron chi connectivity index (χ2n) is 7.22. The zero-order valence-corrected chi connectivity index (χ0v) is 16.5. The van der Waals surface area contributed by atoms with E-state index < -0.39 is 0 Å². The molecule has 134 valence electrons. The first-order valence-corrected chi connectivity index (χ1v) is 9.23. The first-order chi connectivity index (χ1) is 11.8. The molecule has 0 aliphatic carbocycles. The van der Waals surface area contributed by atoms with Gasteiger partial charge in [-0.15, -0.1) is 11.3 Å². The highest BCUT2D eigenvalue weighted by molar-refractivity contribution is 7.19. The minimum atomic E-state index is -0.376. The summed E-state index contributed by atoms with van der Waals surface area (Å²) in [5.41, 5.74) is 1.29. The van der Waals surface area contributed by atoms with Gasteiger partial charge in [0.05, 0.1) is 28.5 Å². The number of rotatable bonds is 5. The molecule has 1 aromatic carbocycles. The van der Waals surface area contributed by atoms with Crippen LogP contribution in [0.2, 0.25) is 0 Å². The molecule has 0 saturated carbocycles. The molecule has 7 heteroatoms. The second-order valence-corrected chi connectivity index (χ2v) is 8.29. The highest BCUT2D eigenvalue weighted by Gasteiger charge is 2.52. The average molecular weight is 360 g/mol. The molecule has 1 aromatic heterocycles. The molecule has 2 aromatic rings. The number of aromatic nitrogens is 1. The Balaban J connectivity index is 1.93. The van der Waals surface area contributed by atoms with Crippen LogP contribution in [0, 0.1) is 0 Å². The van der Waals surface area contributed by atoms with Gasteiger partial charge in [-0.2, -0.15) is 0 Å². The van der Waals surface area contributed by atoms with Crippen LogP contribution < -0.4 is 10.1 Å². The quantitative estimate of drug-likeness (QED) is 0.827. The molecule has 1 N–H and O–H groups in total. The molecule has 3 rings (SSSR count). The number of thiazole rings is 1. The lowest BCUT2D eigenvalue weighted by molar-refractivity contribution is 0.00578. The minimum absolute atomic E-state index is 0.356. The standard InChI is InChI=1S/C18H25BN2O3S/c1-17(2)18(3,4)24-19(23-17)12(11-20-5)9-16-21-14-8-7-13(22-6)10-15(14)25-16/h7-10,20H,11H2,1-6H3. The third-order valence-corrected chi connectivity index (χ3v) is 5.82. The summed E-state index contributed by atoms with van der Waals surface area (Å²) in [4.78, 5) is 4.70. The number of likely N-dealkylation sites (N-methyl/N-ethyl adjacent to an activating group) is 1. The van der Waals surface area contributed by atoms with Crippen LogP contribution in [0.4, 0.5) is 0 Å². The van der Waals surface area contributed by atoms with Crippen molar-refractivity contribution in [3.05, 3.63) is 28.7 Å². The number of fused-ring (bicyclic) bond motifs is 1. The summed E-state index contributed by atoms with van der Waals surface area (Å²) < 4.78 is 18.8. The smallest absolute Gasteiger partial charge is 0.491 e. The van der Waals surface area contributed by atoms with Crippen molar-refractivity contribution < 1.29 is 14.0 Å². The van der Waals surface area contributed by atoms with Crippen molar-refractivity contribution in [2.45, 2.75) is 38.9 Å². The Morgan fingerprint density at radius 3 is 2.56 bits per heavy atom. The predicted octanol–water partition coefficient (Wildman–Crippen LogP) is 3.54. The van der Waals surface area contributed by atoms with E-state index in [1.165, 1.54) is 0 Å². The number of nitrogens with one attached hydrogen (secondary N) is 1. The van der Waals surface area contributed by atoms with E-state index in [9.17, 15) is 0 Å². The maximum Gasteiger partial charge on any atom is 0.491 e. The van der Waals surface area contributed by atoms with Gasteiger partial charge < -0.3 is 19.4 Å². The number of ether oxygens (including phenoxy) is 1. The van der Waals surface area contributed by atoms with E-state index in [4.69, 9.17) is 19.0 Å². The molecular weight excluding hydrogens is 335 g/mol. The van der Waals surface area contributed by atoms with Crippen LogP contribution in [0.15, 0.2) is 23.7 Å². The molecule has 0 amide bonds. The summed E-state index contributed by atoms with van der Waals surface area (Å²) in [6, 6.07) is 5.92. The first-order valence-electron chi connectivity index (χ1n) is 8.41. The number of hydrogen-bond donors (Lipinski definition) is 1. The molecular formula is C18H25BN2O3S. The van der Waals surface area contributed by atoms with Gasteiger partial charge in [0.25, 0.3) is 0 Å². The third kappa shape index (κ3) is 3.60. The van der Waals surface area contributed by atoms with Gasteiger partial charge in [0.2, 0.25) is 0 Å². The van der Waals surface area contributed by atoms with Crippen LogP contribution in [0.3, 0.4) is 0 Å². The number of hydrogen-bond acceptors (Lipinski definition) is 6. The molecule has 1 aliphatic heterocycles. The fourth-order valence-electron chi connectivity index (χ4n) is 2.67. The van der Waals surface area contributed by atoms with Crippen molar-refractivity contribution in [1.82, 2.24) is 10.3 Å². The van der Waals surface area contributed by atoms with Gasteiger partial charge in [-0.05, 0) is 64.5 Å². The summed E-state index contributed by atoms with van der Waals surface area (Å²) in [5.74, 6) is 0.841. The van der Waals surface area contributed by atoms with Gasteiger partial charge >= 0.3 is 7.12 Å². The average Bonchev–Trinajstić information content (AvgIpc) is 3.03. The highest BCUT2D eigenvalue weighted by atomic mass is 32.1. The van der Waals surface area contributed by atoms with Gasteiger partial charge in [-0.1, -0.05) is 0 Å². The van der Waals surface area contributed by atoms with Crippen LogP contribution in [0.5, 0.6) is 5.75 Å². The molecule has 1 aliphatic rings. The number of nitrogens with zero attached hydrogens (tertiary/aromatic N) is 1. The summed E-state index contributed by atoms with van der Waals surface area (Å²) in [7, 11) is 3.22. The molecule has 1 fully saturated rings. The highest BCUT2D eigenvalue weighted by Crippen LogP contribution is 2.39. The van der Waals surface area contributed by atoms with Crippen molar-refractivity contribution >= 4 is 34.7 Å². The van der Waals surface area contributed by atoms with Crippen LogP contribution in [-0.2, 0) is 9.31 Å². The zero-order chi connectivity index (χ0) is 18.2. The molecule has 0 spiro atoms. The van der Waals surface area contributed by atoms with Gasteiger partial charge in [-0.3, -0.25) is 0 Å². The van der Waals surface area contributed by atoms with E-state index in [1.807, 2.05) is 25.2 Å². The van der Waals surface area contributed by atoms with Gasteiger partial charge in [0.1, 0.15) is 10.8 Å². The molecule has 0 atom stereocenters. The predicted molar refractivity (Wildman–Crippen MR) is 104 cm³/mol. The topological polar surface area (TPSA) is 52.6 Å². The lowest BCUT2D eigenvalue weighted by Crippen LogP contribution is -2.41. The van der Waals surface area contributed by atoms with Crippen molar-refractivity contribution in [2.75, 3.05) is 20.7 Å². The lowest BCUT2D eigenvalue weighted by Gasteiger charge is -2.32. The molecule has 5 nitrogen and oxygen atoms in total. The SMILES string of the molecule is CNCC(=Cc1nc2ccc(OC)cc2s1)B1OC(C)(C)C(C)(C)O1. The summed E-state index contributed by atoms with van der Waals surface area (Å²) in [5, 5.41) is 4.13. The van der Waals surface area contributed by atoms with E-state index in [0.717, 1.165) is 26.4 Å². The first kappa shape index (κ1) is 18.4. The van der Waals surface area contributed by atoms with Crippen molar-refractivity contribution in [3.63, 3.8) is 0 Å². The maximum atomic E-state index is 6.19. The van der Waals surface area contributed by atoms with Crippen LogP contribution in [0.1, 0.15) is 32.7 Å². The van der Waals surface area contributed by atoms with E-state index in [1.54, 1.807) is 18.4 Å². The van der Waals surface area contributed by atoms with Crippen molar-refractivity contribution in [3.8, 4) is 5.75 Å². The van der Waals surface area contributed by atoms with E-state index in [-0.39, 0.29) is 18.3 Å². The molecule has 2 heterocycles. The fraction of sp³-hybridized carbons (Fsp3) is 0.500. The van der Waals surface area contributed by atoms with E-state index in [2.05, 4.69) is 39.1 Å². The number of benzene rings is 1. The molecule has 25 heavy (non-hydrogen) atoms. The summed E-state index contributed by atoms with van der Waals surface area (Å²) in [6.45, 7) is 8.93. The molecule has 0 bridgehead atoms. The molecule has 0 radical (unpaired) electrons. The molecule has 1 saturated heterocycles.